The van der Waals surface area contributed by atoms with Gasteiger partial charge in [0.2, 0.25) is 0 Å². The fourth-order valence-corrected chi connectivity index (χ4v) is 1.54. The highest BCUT2D eigenvalue weighted by Gasteiger charge is 2.08. The maximum absolute atomic E-state index is 11.3. The van der Waals surface area contributed by atoms with Gasteiger partial charge in [0, 0.05) is 18.1 Å². The Hall–Kier alpha value is -1.91. The van der Waals surface area contributed by atoms with Crippen LogP contribution in [-0.2, 0) is 16.0 Å². The Balaban J connectivity index is 2.26. The molecule has 0 saturated carbocycles. The molecule has 0 aromatic carbocycles. The first kappa shape index (κ1) is 10.6. The summed E-state index contributed by atoms with van der Waals surface area (Å²) in [5.41, 5.74) is 2.44. The van der Waals surface area contributed by atoms with E-state index in [0.29, 0.717) is 12.3 Å². The lowest BCUT2D eigenvalue weighted by Crippen LogP contribution is -2.07. The van der Waals surface area contributed by atoms with E-state index < -0.39 is 0 Å². The van der Waals surface area contributed by atoms with Crippen molar-refractivity contribution in [3.63, 3.8) is 0 Å². The number of hydrogen-bond donors (Lipinski definition) is 0. The van der Waals surface area contributed by atoms with Gasteiger partial charge in [-0.05, 0) is 13.8 Å². The standard InChI is InChI=1S/C11H13N3O2/c1-3-16-11(15)4-9-7-14-8(2)5-12-6-10(14)13-9/h5-7H,3-4H2,1-2H3. The van der Waals surface area contributed by atoms with E-state index in [1.54, 1.807) is 19.3 Å². The molecule has 2 aromatic heterocycles. The minimum Gasteiger partial charge on any atom is -0.466 e. The quantitative estimate of drug-likeness (QED) is 0.726. The first-order valence-electron chi connectivity index (χ1n) is 5.15. The third-order valence-electron chi connectivity index (χ3n) is 2.25. The van der Waals surface area contributed by atoms with Gasteiger partial charge in [-0.25, -0.2) is 4.98 Å². The fourth-order valence-electron chi connectivity index (χ4n) is 1.54. The molecular formula is C11H13N3O2. The Morgan fingerprint density at radius 3 is 3.00 bits per heavy atom. The molecule has 2 aromatic rings. The molecule has 0 aliphatic carbocycles. The molecule has 16 heavy (non-hydrogen) atoms. The number of rotatable bonds is 3. The fraction of sp³-hybridized carbons (Fsp3) is 0.364. The number of ether oxygens (including phenoxy) is 1. The van der Waals surface area contributed by atoms with Gasteiger partial charge in [-0.2, -0.15) is 0 Å². The summed E-state index contributed by atoms with van der Waals surface area (Å²) in [6.07, 6.45) is 5.46. The van der Waals surface area contributed by atoms with Gasteiger partial charge < -0.3 is 9.14 Å². The van der Waals surface area contributed by atoms with Crippen molar-refractivity contribution in [3.05, 3.63) is 30.0 Å². The highest BCUT2D eigenvalue weighted by Crippen LogP contribution is 2.07. The van der Waals surface area contributed by atoms with E-state index in [4.69, 9.17) is 4.74 Å². The summed E-state index contributed by atoms with van der Waals surface area (Å²) in [5, 5.41) is 0. The molecule has 0 N–H and O–H groups in total. The van der Waals surface area contributed by atoms with E-state index in [2.05, 4.69) is 9.97 Å². The second kappa shape index (κ2) is 4.30. The SMILES string of the molecule is CCOC(=O)Cc1cn2c(C)cncc2n1. The predicted octanol–water partition coefficient (Wildman–Crippen LogP) is 1.14. The zero-order valence-electron chi connectivity index (χ0n) is 9.30. The maximum Gasteiger partial charge on any atom is 0.311 e. The van der Waals surface area contributed by atoms with Crippen LogP contribution < -0.4 is 0 Å². The van der Waals surface area contributed by atoms with Gasteiger partial charge in [0.05, 0.1) is 24.9 Å². The molecule has 0 radical (unpaired) electrons. The smallest absolute Gasteiger partial charge is 0.311 e. The van der Waals surface area contributed by atoms with Crippen LogP contribution in [0.1, 0.15) is 18.3 Å². The number of fused-ring (bicyclic) bond motifs is 1. The molecule has 0 saturated heterocycles. The molecular weight excluding hydrogens is 206 g/mol. The lowest BCUT2D eigenvalue weighted by Gasteiger charge is -1.97. The number of imidazole rings is 1. The number of nitrogens with zero attached hydrogens (tertiary/aromatic N) is 3. The average molecular weight is 219 g/mol. The molecule has 0 unspecified atom stereocenters. The highest BCUT2D eigenvalue weighted by atomic mass is 16.5. The number of aromatic nitrogens is 3. The van der Waals surface area contributed by atoms with E-state index in [9.17, 15) is 4.79 Å². The number of carbonyl (C=O) groups is 1. The Bertz CT molecular complexity index is 519. The van der Waals surface area contributed by atoms with Crippen LogP contribution in [0.2, 0.25) is 0 Å². The maximum atomic E-state index is 11.3. The third kappa shape index (κ3) is 2.03. The second-order valence-corrected chi connectivity index (χ2v) is 3.49. The summed E-state index contributed by atoms with van der Waals surface area (Å²) in [6, 6.07) is 0. The number of esters is 1. The van der Waals surface area contributed by atoms with Gasteiger partial charge in [-0.1, -0.05) is 0 Å². The largest absolute Gasteiger partial charge is 0.466 e. The first-order chi connectivity index (χ1) is 7.70. The molecule has 0 atom stereocenters. The molecule has 2 rings (SSSR count). The zero-order chi connectivity index (χ0) is 11.5. The topological polar surface area (TPSA) is 56.5 Å². The summed E-state index contributed by atoms with van der Waals surface area (Å²) < 4.78 is 6.77. The van der Waals surface area contributed by atoms with Crippen molar-refractivity contribution in [2.45, 2.75) is 20.3 Å². The van der Waals surface area contributed by atoms with Crippen LogP contribution in [0.15, 0.2) is 18.6 Å². The van der Waals surface area contributed by atoms with Crippen molar-refractivity contribution in [3.8, 4) is 0 Å². The van der Waals surface area contributed by atoms with E-state index in [1.165, 1.54) is 0 Å². The van der Waals surface area contributed by atoms with Crippen LogP contribution in [0.4, 0.5) is 0 Å². The van der Waals surface area contributed by atoms with Gasteiger partial charge in [0.15, 0.2) is 5.65 Å². The van der Waals surface area contributed by atoms with Crippen molar-refractivity contribution in [2.75, 3.05) is 6.61 Å². The molecule has 5 nitrogen and oxygen atoms in total. The molecule has 0 bridgehead atoms. The molecule has 84 valence electrons. The monoisotopic (exact) mass is 219 g/mol. The van der Waals surface area contributed by atoms with Crippen molar-refractivity contribution in [2.24, 2.45) is 0 Å². The lowest BCUT2D eigenvalue weighted by atomic mass is 10.3. The number of aryl methyl sites for hydroxylation is 1. The minimum atomic E-state index is -0.253. The van der Waals surface area contributed by atoms with Crippen LogP contribution in [0.25, 0.3) is 5.65 Å². The van der Waals surface area contributed by atoms with Crippen LogP contribution in [0.3, 0.4) is 0 Å². The van der Waals surface area contributed by atoms with Gasteiger partial charge in [-0.3, -0.25) is 9.78 Å². The number of hydrogen-bond acceptors (Lipinski definition) is 4. The Labute approximate surface area is 93.1 Å². The molecule has 0 aliphatic rings. The highest BCUT2D eigenvalue weighted by molar-refractivity contribution is 5.72. The molecule has 0 aliphatic heterocycles. The lowest BCUT2D eigenvalue weighted by molar-refractivity contribution is -0.142. The minimum absolute atomic E-state index is 0.203. The number of carbonyl (C=O) groups excluding carboxylic acids is 1. The van der Waals surface area contributed by atoms with Gasteiger partial charge in [0.1, 0.15) is 0 Å². The van der Waals surface area contributed by atoms with Crippen LogP contribution >= 0.6 is 0 Å². The molecule has 0 fully saturated rings. The van der Waals surface area contributed by atoms with Gasteiger partial charge >= 0.3 is 5.97 Å². The zero-order valence-corrected chi connectivity index (χ0v) is 9.30. The second-order valence-electron chi connectivity index (χ2n) is 3.49. The van der Waals surface area contributed by atoms with Gasteiger partial charge in [-0.15, -0.1) is 0 Å². The van der Waals surface area contributed by atoms with Crippen LogP contribution in [0, 0.1) is 6.92 Å². The summed E-state index contributed by atoms with van der Waals surface area (Å²) in [7, 11) is 0. The molecule has 0 spiro atoms. The van der Waals surface area contributed by atoms with Crippen molar-refractivity contribution < 1.29 is 9.53 Å². The van der Waals surface area contributed by atoms with Gasteiger partial charge in [0.25, 0.3) is 0 Å². The molecule has 0 amide bonds. The average Bonchev–Trinajstić information content (AvgIpc) is 2.62. The summed E-state index contributed by atoms with van der Waals surface area (Å²) in [6.45, 7) is 4.12. The Kier molecular flexibility index (Phi) is 2.85. The Morgan fingerprint density at radius 2 is 2.31 bits per heavy atom. The van der Waals surface area contributed by atoms with Crippen LogP contribution in [-0.4, -0.2) is 26.9 Å². The summed E-state index contributed by atoms with van der Waals surface area (Å²) in [4.78, 5) is 19.6. The van der Waals surface area contributed by atoms with E-state index in [1.807, 2.05) is 17.5 Å². The summed E-state index contributed by atoms with van der Waals surface area (Å²) >= 11 is 0. The van der Waals surface area contributed by atoms with Crippen molar-refractivity contribution >= 4 is 11.6 Å². The molecule has 5 heteroatoms. The first-order valence-corrected chi connectivity index (χ1v) is 5.15. The van der Waals surface area contributed by atoms with Crippen molar-refractivity contribution in [1.29, 1.82) is 0 Å². The normalized spacial score (nSPS) is 10.6. The molecule has 2 heterocycles. The van der Waals surface area contributed by atoms with E-state index in [0.717, 1.165) is 11.3 Å². The van der Waals surface area contributed by atoms with Crippen molar-refractivity contribution in [1.82, 2.24) is 14.4 Å². The van der Waals surface area contributed by atoms with E-state index in [-0.39, 0.29) is 12.4 Å². The third-order valence-corrected chi connectivity index (χ3v) is 2.25. The summed E-state index contributed by atoms with van der Waals surface area (Å²) in [5.74, 6) is -0.253. The van der Waals surface area contributed by atoms with Crippen LogP contribution in [0.5, 0.6) is 0 Å². The predicted molar refractivity (Wildman–Crippen MR) is 58.1 cm³/mol. The Morgan fingerprint density at radius 1 is 1.50 bits per heavy atom. The van der Waals surface area contributed by atoms with E-state index >= 15 is 0 Å².